The monoisotopic (exact) mass is 459 g/mol. The molecule has 2 N–H and O–H groups in total. The van der Waals surface area contributed by atoms with Crippen LogP contribution in [0.2, 0.25) is 5.02 Å². The van der Waals surface area contributed by atoms with Crippen molar-refractivity contribution >= 4 is 23.4 Å². The first-order valence-corrected chi connectivity index (χ1v) is 11.9. The van der Waals surface area contributed by atoms with Crippen molar-refractivity contribution in [3.8, 4) is 0 Å². The van der Waals surface area contributed by atoms with E-state index < -0.39 is 17.8 Å². The molecule has 1 aliphatic carbocycles. The highest BCUT2D eigenvalue weighted by Crippen LogP contribution is 2.26. The van der Waals surface area contributed by atoms with E-state index in [1.807, 2.05) is 19.1 Å². The summed E-state index contributed by atoms with van der Waals surface area (Å²) in [7, 11) is 0. The molecule has 1 aliphatic rings. The van der Waals surface area contributed by atoms with Crippen LogP contribution in [0.1, 0.15) is 66.7 Å². The minimum Gasteiger partial charge on any atom is -0.442 e. The minimum atomic E-state index is -1.10. The van der Waals surface area contributed by atoms with Gasteiger partial charge in [0.05, 0.1) is 5.60 Å². The molecule has 0 aliphatic heterocycles. The number of benzene rings is 1. The topological polar surface area (TPSA) is 58.6 Å². The van der Waals surface area contributed by atoms with Crippen LogP contribution >= 0.6 is 11.6 Å². The summed E-state index contributed by atoms with van der Waals surface area (Å²) in [5.74, 6) is 0.871. The molecule has 5 heteroatoms. The van der Waals surface area contributed by atoms with E-state index in [9.17, 15) is 9.90 Å². The van der Waals surface area contributed by atoms with Gasteiger partial charge in [-0.05, 0) is 82.6 Å². The van der Waals surface area contributed by atoms with Gasteiger partial charge in [-0.3, -0.25) is 5.32 Å². The van der Waals surface area contributed by atoms with Gasteiger partial charge < -0.3 is 9.84 Å². The summed E-state index contributed by atoms with van der Waals surface area (Å²) in [6, 6.07) is 6.92. The van der Waals surface area contributed by atoms with Gasteiger partial charge in [0.2, 0.25) is 0 Å². The Bertz CT molecular complexity index is 854. The Morgan fingerprint density at radius 3 is 2.69 bits per heavy atom. The van der Waals surface area contributed by atoms with E-state index in [2.05, 4.69) is 38.2 Å². The molecule has 0 fully saturated rings. The number of aliphatic hydroxyl groups is 1. The molecule has 32 heavy (non-hydrogen) atoms. The fourth-order valence-corrected chi connectivity index (χ4v) is 4.08. The summed E-state index contributed by atoms with van der Waals surface area (Å²) in [6.07, 6.45) is 11.4. The minimum absolute atomic E-state index is 0.281. The zero-order valence-electron chi connectivity index (χ0n) is 20.0. The van der Waals surface area contributed by atoms with Gasteiger partial charge in [0.15, 0.2) is 0 Å². The van der Waals surface area contributed by atoms with Crippen LogP contribution in [0.25, 0.3) is 0 Å². The van der Waals surface area contributed by atoms with Crippen molar-refractivity contribution in [3.63, 3.8) is 0 Å². The lowest BCUT2D eigenvalue weighted by molar-refractivity contribution is 0.0471. The first-order valence-electron chi connectivity index (χ1n) is 11.5. The number of rotatable bonds is 3. The number of amides is 1. The van der Waals surface area contributed by atoms with Gasteiger partial charge in [-0.2, -0.15) is 0 Å². The highest BCUT2D eigenvalue weighted by molar-refractivity contribution is 6.30. The van der Waals surface area contributed by atoms with E-state index in [1.165, 1.54) is 5.57 Å². The van der Waals surface area contributed by atoms with Crippen LogP contribution in [0.3, 0.4) is 0 Å². The van der Waals surface area contributed by atoms with Crippen molar-refractivity contribution in [1.29, 1.82) is 0 Å². The van der Waals surface area contributed by atoms with E-state index in [1.54, 1.807) is 31.2 Å². The lowest BCUT2D eigenvalue weighted by atomic mass is 9.86. The number of halogens is 1. The molecule has 2 rings (SSSR count). The smallest absolute Gasteiger partial charge is 0.412 e. The molecule has 1 aromatic carbocycles. The second kappa shape index (κ2) is 12.3. The van der Waals surface area contributed by atoms with Crippen molar-refractivity contribution in [1.82, 2.24) is 0 Å². The predicted molar refractivity (Wildman–Crippen MR) is 134 cm³/mol. The van der Waals surface area contributed by atoms with Crippen LogP contribution in [-0.4, -0.2) is 22.9 Å². The molecular formula is C27H38ClNO3. The molecule has 1 aromatic rings. The summed E-state index contributed by atoms with van der Waals surface area (Å²) in [6.45, 7) is 10.4. The van der Waals surface area contributed by atoms with Gasteiger partial charge >= 0.3 is 6.09 Å². The number of hydrogen-bond donors (Lipinski definition) is 2. The Labute approximate surface area is 198 Å². The number of carbonyl (C=O) groups excluding carboxylic acids is 1. The molecule has 0 heterocycles. The largest absolute Gasteiger partial charge is 0.442 e. The maximum absolute atomic E-state index is 12.6. The van der Waals surface area contributed by atoms with E-state index in [-0.39, 0.29) is 6.42 Å². The van der Waals surface area contributed by atoms with Gasteiger partial charge in [0.1, 0.15) is 6.10 Å². The summed E-state index contributed by atoms with van der Waals surface area (Å²) in [5, 5.41) is 14.3. The molecule has 0 bridgehead atoms. The summed E-state index contributed by atoms with van der Waals surface area (Å²) >= 11 is 6.00. The van der Waals surface area contributed by atoms with Crippen molar-refractivity contribution in [2.75, 3.05) is 5.32 Å². The summed E-state index contributed by atoms with van der Waals surface area (Å²) < 4.78 is 5.72. The van der Waals surface area contributed by atoms with Crippen molar-refractivity contribution < 1.29 is 14.6 Å². The molecule has 0 aromatic heterocycles. The van der Waals surface area contributed by atoms with Crippen LogP contribution in [0.4, 0.5) is 10.5 Å². The van der Waals surface area contributed by atoms with E-state index in [0.717, 1.165) is 31.3 Å². The number of allylic oxidation sites excluding steroid dienone is 4. The molecule has 0 spiro atoms. The number of ether oxygens (including phenoxy) is 1. The van der Waals surface area contributed by atoms with Crippen molar-refractivity contribution in [3.05, 3.63) is 64.7 Å². The molecular weight excluding hydrogens is 422 g/mol. The Morgan fingerprint density at radius 1 is 1.25 bits per heavy atom. The fraction of sp³-hybridized carbons (Fsp3) is 0.519. The van der Waals surface area contributed by atoms with Crippen LogP contribution < -0.4 is 5.32 Å². The Morgan fingerprint density at radius 2 is 2.00 bits per heavy atom. The lowest BCUT2D eigenvalue weighted by Gasteiger charge is -2.26. The first-order chi connectivity index (χ1) is 15.0. The van der Waals surface area contributed by atoms with E-state index in [0.29, 0.717) is 22.5 Å². The molecule has 1 amide bonds. The van der Waals surface area contributed by atoms with E-state index >= 15 is 0 Å². The Hall–Kier alpha value is -2.04. The predicted octanol–water partition coefficient (Wildman–Crippen LogP) is 7.69. The SMILES string of the molecule is CC1=CC(OC(=O)Nc2cccc(Cl)c2)CC(C)(O)C=CC(C(C)C)CCC(C)=CCC1. The second-order valence-electron chi connectivity index (χ2n) is 9.55. The van der Waals surface area contributed by atoms with Gasteiger partial charge in [-0.25, -0.2) is 4.79 Å². The van der Waals surface area contributed by atoms with Gasteiger partial charge in [0, 0.05) is 17.1 Å². The van der Waals surface area contributed by atoms with Crippen LogP contribution in [-0.2, 0) is 4.74 Å². The lowest BCUT2D eigenvalue weighted by Crippen LogP contribution is -2.31. The third-order valence-corrected chi connectivity index (χ3v) is 6.11. The average Bonchev–Trinajstić information content (AvgIpc) is 2.66. The third kappa shape index (κ3) is 9.62. The normalized spacial score (nSPS) is 25.5. The quantitative estimate of drug-likeness (QED) is 0.455. The summed E-state index contributed by atoms with van der Waals surface area (Å²) in [4.78, 5) is 12.6. The molecule has 3 unspecified atom stereocenters. The number of hydrogen-bond acceptors (Lipinski definition) is 3. The summed E-state index contributed by atoms with van der Waals surface area (Å²) in [5.41, 5.74) is 2.00. The molecule has 0 radical (unpaired) electrons. The van der Waals surface area contributed by atoms with Crippen molar-refractivity contribution in [2.45, 2.75) is 78.4 Å². The van der Waals surface area contributed by atoms with Crippen LogP contribution in [0.15, 0.2) is 59.7 Å². The first kappa shape index (κ1) is 26.2. The van der Waals surface area contributed by atoms with Crippen LogP contribution in [0, 0.1) is 11.8 Å². The molecule has 176 valence electrons. The maximum Gasteiger partial charge on any atom is 0.412 e. The van der Waals surface area contributed by atoms with Crippen LogP contribution in [0.5, 0.6) is 0 Å². The van der Waals surface area contributed by atoms with Gasteiger partial charge in [0.25, 0.3) is 0 Å². The van der Waals surface area contributed by atoms with Gasteiger partial charge in [-0.1, -0.05) is 60.9 Å². The molecule has 3 atom stereocenters. The fourth-order valence-electron chi connectivity index (χ4n) is 3.89. The highest BCUT2D eigenvalue weighted by atomic mass is 35.5. The standard InChI is InChI=1S/C27H38ClNO3/c1-19(2)22-13-12-20(3)8-6-9-21(4)16-25(18-27(5,31)15-14-22)32-26(30)29-24-11-7-10-23(28)17-24/h7-8,10-11,14-17,19,22,25,31H,6,9,12-13,18H2,1-5H3,(H,29,30). The number of anilines is 1. The zero-order chi connectivity index (χ0) is 23.7. The Balaban J connectivity index is 2.22. The second-order valence-corrected chi connectivity index (χ2v) is 9.98. The molecule has 0 saturated heterocycles. The molecule has 0 saturated carbocycles. The Kier molecular flexibility index (Phi) is 10.0. The maximum atomic E-state index is 12.6. The average molecular weight is 460 g/mol. The third-order valence-electron chi connectivity index (χ3n) is 5.88. The highest BCUT2D eigenvalue weighted by Gasteiger charge is 2.25. The number of nitrogens with one attached hydrogen (secondary N) is 1. The number of carbonyl (C=O) groups is 1. The zero-order valence-corrected chi connectivity index (χ0v) is 20.8. The van der Waals surface area contributed by atoms with Crippen molar-refractivity contribution in [2.24, 2.45) is 11.8 Å². The molecule has 4 nitrogen and oxygen atoms in total. The van der Waals surface area contributed by atoms with E-state index in [4.69, 9.17) is 16.3 Å². The van der Waals surface area contributed by atoms with Gasteiger partial charge in [-0.15, -0.1) is 0 Å².